The van der Waals surface area contributed by atoms with Gasteiger partial charge in [-0.1, -0.05) is 12.1 Å². The number of likely N-dealkylation sites (N-methyl/N-ethyl adjacent to an activating group) is 1. The minimum absolute atomic E-state index is 0.0845. The number of likely N-dealkylation sites (tertiary alicyclic amines) is 1. The maximum absolute atomic E-state index is 12.3. The fourth-order valence-corrected chi connectivity index (χ4v) is 3.14. The van der Waals surface area contributed by atoms with Crippen molar-refractivity contribution in [3.63, 3.8) is 0 Å². The predicted molar refractivity (Wildman–Crippen MR) is 106 cm³/mol. The number of nitrogens with one attached hydrogen (secondary N) is 1. The first-order valence-electron chi connectivity index (χ1n) is 9.22. The number of aromatic nitrogens is 3. The molecule has 3 rings (SSSR count). The molecular weight excluding hydrogens is 340 g/mol. The first kappa shape index (κ1) is 19.0. The van der Waals surface area contributed by atoms with E-state index in [2.05, 4.69) is 20.3 Å². The molecule has 27 heavy (non-hydrogen) atoms. The van der Waals surface area contributed by atoms with E-state index < -0.39 is 0 Å². The van der Waals surface area contributed by atoms with E-state index in [9.17, 15) is 4.79 Å². The number of amides is 1. The zero-order chi connectivity index (χ0) is 19.1. The van der Waals surface area contributed by atoms with Crippen LogP contribution in [0.2, 0.25) is 0 Å². The summed E-state index contributed by atoms with van der Waals surface area (Å²) in [5.41, 5.74) is 0.943. The van der Waals surface area contributed by atoms with E-state index in [1.807, 2.05) is 48.2 Å². The third-order valence-electron chi connectivity index (χ3n) is 4.56. The standard InChI is InChI=1S/C20H26N6O/c1-25(2)13-5-7-18(27)26-14-8-16(9-15-26)19-20(23-12-11-22-19)24-17-6-3-4-10-21-17/h3-7,10-12,16H,8-9,13-15H2,1-2H3,(H,21,23,24)/b7-5+. The van der Waals surface area contributed by atoms with Gasteiger partial charge in [0.1, 0.15) is 5.82 Å². The molecule has 0 aliphatic carbocycles. The van der Waals surface area contributed by atoms with Crippen molar-refractivity contribution < 1.29 is 4.79 Å². The molecule has 0 aromatic carbocycles. The van der Waals surface area contributed by atoms with Crippen molar-refractivity contribution in [3.8, 4) is 0 Å². The summed E-state index contributed by atoms with van der Waals surface area (Å²) in [5.74, 6) is 1.85. The van der Waals surface area contributed by atoms with E-state index in [0.717, 1.165) is 49.8 Å². The van der Waals surface area contributed by atoms with Crippen molar-refractivity contribution in [3.05, 3.63) is 54.6 Å². The van der Waals surface area contributed by atoms with E-state index in [4.69, 9.17) is 0 Å². The van der Waals surface area contributed by atoms with Crippen LogP contribution in [-0.4, -0.2) is 64.4 Å². The minimum atomic E-state index is 0.0845. The lowest BCUT2D eigenvalue weighted by Gasteiger charge is -2.31. The molecular formula is C20H26N6O. The van der Waals surface area contributed by atoms with Gasteiger partial charge in [0, 0.05) is 50.2 Å². The van der Waals surface area contributed by atoms with Crippen molar-refractivity contribution in [2.45, 2.75) is 18.8 Å². The van der Waals surface area contributed by atoms with Gasteiger partial charge in [0.15, 0.2) is 5.82 Å². The highest BCUT2D eigenvalue weighted by atomic mass is 16.2. The fraction of sp³-hybridized carbons (Fsp3) is 0.400. The highest BCUT2D eigenvalue weighted by Crippen LogP contribution is 2.31. The van der Waals surface area contributed by atoms with Crippen LogP contribution in [0.1, 0.15) is 24.5 Å². The summed E-state index contributed by atoms with van der Waals surface area (Å²) >= 11 is 0. The highest BCUT2D eigenvalue weighted by molar-refractivity contribution is 5.87. The van der Waals surface area contributed by atoms with E-state index >= 15 is 0 Å². The quantitative estimate of drug-likeness (QED) is 0.792. The normalized spacial score (nSPS) is 15.4. The Kier molecular flexibility index (Phi) is 6.49. The minimum Gasteiger partial charge on any atom is -0.339 e. The summed E-state index contributed by atoms with van der Waals surface area (Å²) in [6, 6.07) is 5.71. The van der Waals surface area contributed by atoms with Gasteiger partial charge in [-0.25, -0.2) is 9.97 Å². The first-order chi connectivity index (χ1) is 13.1. The van der Waals surface area contributed by atoms with Gasteiger partial charge < -0.3 is 15.1 Å². The van der Waals surface area contributed by atoms with Gasteiger partial charge in [-0.05, 0) is 39.1 Å². The number of nitrogens with zero attached hydrogens (tertiary/aromatic N) is 5. The number of rotatable bonds is 6. The molecule has 1 aliphatic rings. The maximum atomic E-state index is 12.3. The van der Waals surface area contributed by atoms with E-state index in [-0.39, 0.29) is 11.8 Å². The molecule has 7 heteroatoms. The molecule has 0 radical (unpaired) electrons. The molecule has 1 saturated heterocycles. The zero-order valence-corrected chi connectivity index (χ0v) is 15.9. The Hall–Kier alpha value is -2.80. The molecule has 142 valence electrons. The first-order valence-corrected chi connectivity index (χ1v) is 9.22. The van der Waals surface area contributed by atoms with E-state index in [1.54, 1.807) is 24.7 Å². The molecule has 0 atom stereocenters. The van der Waals surface area contributed by atoms with Crippen LogP contribution in [0.3, 0.4) is 0 Å². The molecule has 2 aromatic heterocycles. The van der Waals surface area contributed by atoms with Crippen molar-refractivity contribution in [1.29, 1.82) is 0 Å². The summed E-state index contributed by atoms with van der Waals surface area (Å²) < 4.78 is 0. The van der Waals surface area contributed by atoms with Crippen LogP contribution < -0.4 is 5.32 Å². The number of anilines is 2. The molecule has 0 unspecified atom stereocenters. The molecule has 1 amide bonds. The number of hydrogen-bond acceptors (Lipinski definition) is 6. The molecule has 0 spiro atoms. The average molecular weight is 366 g/mol. The van der Waals surface area contributed by atoms with Crippen LogP contribution in [0, 0.1) is 0 Å². The van der Waals surface area contributed by atoms with Gasteiger partial charge in [-0.2, -0.15) is 0 Å². The Morgan fingerprint density at radius 3 is 2.67 bits per heavy atom. The highest BCUT2D eigenvalue weighted by Gasteiger charge is 2.26. The summed E-state index contributed by atoms with van der Waals surface area (Å²) in [5, 5.41) is 3.26. The van der Waals surface area contributed by atoms with Crippen LogP contribution in [0.15, 0.2) is 48.9 Å². The molecule has 0 bridgehead atoms. The molecule has 1 aliphatic heterocycles. The van der Waals surface area contributed by atoms with Gasteiger partial charge in [-0.15, -0.1) is 0 Å². The van der Waals surface area contributed by atoms with Crippen LogP contribution >= 0.6 is 0 Å². The Bertz CT molecular complexity index is 769. The third-order valence-corrected chi connectivity index (χ3v) is 4.56. The van der Waals surface area contributed by atoms with Gasteiger partial charge in [0.05, 0.1) is 5.69 Å². The largest absolute Gasteiger partial charge is 0.339 e. The van der Waals surface area contributed by atoms with E-state index in [1.165, 1.54) is 0 Å². The van der Waals surface area contributed by atoms with Crippen molar-refractivity contribution in [2.24, 2.45) is 0 Å². The Morgan fingerprint density at radius 1 is 1.19 bits per heavy atom. The van der Waals surface area contributed by atoms with Crippen molar-refractivity contribution in [1.82, 2.24) is 24.8 Å². The molecule has 1 fully saturated rings. The monoisotopic (exact) mass is 366 g/mol. The number of pyridine rings is 1. The molecule has 3 heterocycles. The van der Waals surface area contributed by atoms with Gasteiger partial charge >= 0.3 is 0 Å². The summed E-state index contributed by atoms with van der Waals surface area (Å²) in [7, 11) is 3.97. The smallest absolute Gasteiger partial charge is 0.246 e. The van der Waals surface area contributed by atoms with Crippen LogP contribution in [0.5, 0.6) is 0 Å². The van der Waals surface area contributed by atoms with E-state index in [0.29, 0.717) is 0 Å². The Labute approximate surface area is 160 Å². The SMILES string of the molecule is CN(C)C/C=C/C(=O)N1CCC(c2nccnc2Nc2ccccn2)CC1. The Morgan fingerprint density at radius 2 is 1.96 bits per heavy atom. The number of piperidine rings is 1. The molecule has 1 N–H and O–H groups in total. The lowest BCUT2D eigenvalue weighted by Crippen LogP contribution is -2.37. The number of carbonyl (C=O) groups excluding carboxylic acids is 1. The average Bonchev–Trinajstić information content (AvgIpc) is 2.69. The summed E-state index contributed by atoms with van der Waals surface area (Å²) in [6.45, 7) is 2.23. The van der Waals surface area contributed by atoms with Crippen LogP contribution in [-0.2, 0) is 4.79 Å². The molecule has 2 aromatic rings. The number of hydrogen-bond donors (Lipinski definition) is 1. The topological polar surface area (TPSA) is 74.2 Å². The Balaban J connectivity index is 1.61. The second kappa shape index (κ2) is 9.23. The van der Waals surface area contributed by atoms with Gasteiger partial charge in [0.25, 0.3) is 0 Å². The van der Waals surface area contributed by atoms with Gasteiger partial charge in [0.2, 0.25) is 5.91 Å². The predicted octanol–water partition coefficient (Wildman–Crippen LogP) is 2.44. The summed E-state index contributed by atoms with van der Waals surface area (Å²) in [6.07, 6.45) is 10.5. The summed E-state index contributed by atoms with van der Waals surface area (Å²) in [4.78, 5) is 29.5. The second-order valence-corrected chi connectivity index (χ2v) is 6.89. The fourth-order valence-electron chi connectivity index (χ4n) is 3.14. The van der Waals surface area contributed by atoms with Gasteiger partial charge in [-0.3, -0.25) is 9.78 Å². The van der Waals surface area contributed by atoms with Crippen molar-refractivity contribution in [2.75, 3.05) is 39.0 Å². The molecule has 7 nitrogen and oxygen atoms in total. The molecule has 0 saturated carbocycles. The number of carbonyl (C=O) groups is 1. The second-order valence-electron chi connectivity index (χ2n) is 6.89. The lowest BCUT2D eigenvalue weighted by atomic mass is 9.93. The van der Waals surface area contributed by atoms with Crippen LogP contribution in [0.25, 0.3) is 0 Å². The van der Waals surface area contributed by atoms with Crippen LogP contribution in [0.4, 0.5) is 11.6 Å². The van der Waals surface area contributed by atoms with Crippen molar-refractivity contribution >= 4 is 17.5 Å². The zero-order valence-electron chi connectivity index (χ0n) is 15.9. The maximum Gasteiger partial charge on any atom is 0.246 e. The lowest BCUT2D eigenvalue weighted by molar-refractivity contribution is -0.127. The third kappa shape index (κ3) is 5.34.